The zero-order valence-electron chi connectivity index (χ0n) is 21.7. The Hall–Kier alpha value is -4.28. The fraction of sp³-hybridized carbons (Fsp3) is 0.231. The van der Waals surface area contributed by atoms with Gasteiger partial charge < -0.3 is 9.47 Å². The molecular weight excluding hydrogens is 540 g/mol. The van der Waals surface area contributed by atoms with Crippen LogP contribution in [0.3, 0.4) is 0 Å². The van der Waals surface area contributed by atoms with E-state index in [-0.39, 0.29) is 28.6 Å². The minimum Gasteiger partial charge on any atom is -0.494 e. The Balaban J connectivity index is 1.72. The molecule has 2 aromatic heterocycles. The average Bonchev–Trinajstić information content (AvgIpc) is 3.33. The lowest BCUT2D eigenvalue weighted by Crippen LogP contribution is -2.16. The molecule has 0 saturated heterocycles. The van der Waals surface area contributed by atoms with Crippen LogP contribution in [-0.2, 0) is 27.2 Å². The number of hydrogen-bond donors (Lipinski definition) is 1. The fourth-order valence-electron chi connectivity index (χ4n) is 4.01. The second-order valence-electron chi connectivity index (χ2n) is 8.55. The van der Waals surface area contributed by atoms with Gasteiger partial charge in [0.05, 0.1) is 30.7 Å². The Morgan fingerprint density at radius 3 is 2.41 bits per heavy atom. The first kappa shape index (κ1) is 27.7. The minimum atomic E-state index is -3.59. The summed E-state index contributed by atoms with van der Waals surface area (Å²) in [6, 6.07) is 13.6. The maximum atomic E-state index is 13.2. The summed E-state index contributed by atoms with van der Waals surface area (Å²) in [7, 11) is -2.23. The third kappa shape index (κ3) is 6.08. The second-order valence-corrected chi connectivity index (χ2v) is 11.8. The van der Waals surface area contributed by atoms with Gasteiger partial charge in [0.15, 0.2) is 15.7 Å². The van der Waals surface area contributed by atoms with E-state index in [9.17, 15) is 12.6 Å². The van der Waals surface area contributed by atoms with E-state index in [4.69, 9.17) is 14.7 Å². The zero-order chi connectivity index (χ0) is 28.2. The maximum absolute atomic E-state index is 13.2. The molecule has 0 spiro atoms. The molecular formula is C26H26N6O5S2. The summed E-state index contributed by atoms with van der Waals surface area (Å²) in [5.74, 6) is 1.59. The van der Waals surface area contributed by atoms with Gasteiger partial charge in [-0.25, -0.2) is 12.6 Å². The Morgan fingerprint density at radius 2 is 1.79 bits per heavy atom. The van der Waals surface area contributed by atoms with Gasteiger partial charge >= 0.3 is 0 Å². The van der Waals surface area contributed by atoms with E-state index in [2.05, 4.69) is 19.9 Å². The molecule has 0 bridgehead atoms. The molecule has 2 heterocycles. The van der Waals surface area contributed by atoms with Gasteiger partial charge in [0.2, 0.25) is 5.95 Å². The maximum Gasteiger partial charge on any atom is 0.241 e. The highest BCUT2D eigenvalue weighted by Crippen LogP contribution is 2.37. The van der Waals surface area contributed by atoms with Crippen molar-refractivity contribution in [3.05, 3.63) is 71.5 Å². The third-order valence-corrected chi connectivity index (χ3v) is 7.94. The lowest BCUT2D eigenvalue weighted by molar-refractivity contribution is 0.391. The summed E-state index contributed by atoms with van der Waals surface area (Å²) < 4.78 is 53.5. The average molecular weight is 567 g/mol. The summed E-state index contributed by atoms with van der Waals surface area (Å²) >= 11 is 0. The largest absolute Gasteiger partial charge is 0.494 e. The van der Waals surface area contributed by atoms with E-state index in [1.54, 1.807) is 41.2 Å². The number of sulfone groups is 1. The van der Waals surface area contributed by atoms with E-state index >= 15 is 0 Å². The number of para-hydroxylation sites is 1. The van der Waals surface area contributed by atoms with Crippen molar-refractivity contribution in [3.8, 4) is 34.6 Å². The van der Waals surface area contributed by atoms with Gasteiger partial charge in [-0.15, -0.1) is 10.2 Å². The molecule has 0 aliphatic carbocycles. The summed E-state index contributed by atoms with van der Waals surface area (Å²) in [4.78, 5) is 4.30. The van der Waals surface area contributed by atoms with E-state index < -0.39 is 20.8 Å². The highest BCUT2D eigenvalue weighted by molar-refractivity contribution is 7.90. The molecule has 0 aliphatic heterocycles. The van der Waals surface area contributed by atoms with Gasteiger partial charge in [-0.05, 0) is 54.8 Å². The van der Waals surface area contributed by atoms with Crippen molar-refractivity contribution in [2.75, 3.05) is 31.0 Å². The summed E-state index contributed by atoms with van der Waals surface area (Å²) in [5, 5.41) is 17.8. The SMILES string of the molecule is COc1cccc(OC)c1-n1c(NS(=O)CCc2ccc(C#N)cc2S(C)(=O)=O)nnc1-c1cncc(C)c1. The molecule has 1 unspecified atom stereocenters. The third-order valence-electron chi connectivity index (χ3n) is 5.78. The van der Waals surface area contributed by atoms with Crippen LogP contribution < -0.4 is 14.2 Å². The van der Waals surface area contributed by atoms with Gasteiger partial charge in [0, 0.05) is 30.0 Å². The number of aryl methyl sites for hydroxylation is 2. The minimum absolute atomic E-state index is 0.0368. The number of aromatic nitrogens is 4. The number of anilines is 1. The number of rotatable bonds is 10. The van der Waals surface area contributed by atoms with E-state index in [0.717, 1.165) is 11.8 Å². The van der Waals surface area contributed by atoms with Gasteiger partial charge in [-0.3, -0.25) is 14.3 Å². The van der Waals surface area contributed by atoms with Crippen molar-refractivity contribution in [2.45, 2.75) is 18.2 Å². The van der Waals surface area contributed by atoms with E-state index in [1.165, 1.54) is 26.4 Å². The standard InChI is InChI=1S/C26H26N6O5S2/c1-17-12-20(16-28-15-17)25-29-30-26(32(25)24-21(36-2)6-5-7-22(24)37-3)31-38(33)11-10-19-9-8-18(14-27)13-23(19)39(4,34)35/h5-9,12-13,15-16H,10-11H2,1-4H3,(H,30,31). The van der Waals surface area contributed by atoms with Crippen LogP contribution in [0, 0.1) is 18.3 Å². The molecule has 1 atom stereocenters. The predicted octanol–water partition coefficient (Wildman–Crippen LogP) is 3.25. The Labute approximate surface area is 229 Å². The van der Waals surface area contributed by atoms with Crippen molar-refractivity contribution < 1.29 is 22.1 Å². The highest BCUT2D eigenvalue weighted by Gasteiger charge is 2.24. The summed E-state index contributed by atoms with van der Waals surface area (Å²) in [6.45, 7) is 1.91. The number of hydrogen-bond acceptors (Lipinski definition) is 9. The lowest BCUT2D eigenvalue weighted by atomic mass is 10.1. The van der Waals surface area contributed by atoms with Crippen LogP contribution in [0.2, 0.25) is 0 Å². The molecule has 0 radical (unpaired) electrons. The number of pyridine rings is 1. The number of ether oxygens (including phenoxy) is 2. The number of nitrogens with zero attached hydrogens (tertiary/aromatic N) is 5. The number of nitriles is 1. The molecule has 1 N–H and O–H groups in total. The molecule has 2 aromatic carbocycles. The monoisotopic (exact) mass is 566 g/mol. The van der Waals surface area contributed by atoms with Crippen LogP contribution in [0.5, 0.6) is 11.5 Å². The smallest absolute Gasteiger partial charge is 0.241 e. The molecule has 0 amide bonds. The van der Waals surface area contributed by atoms with Gasteiger partial charge in [-0.1, -0.05) is 12.1 Å². The molecule has 202 valence electrons. The van der Waals surface area contributed by atoms with Crippen molar-refractivity contribution in [1.29, 1.82) is 5.26 Å². The molecule has 0 fully saturated rings. The Morgan fingerprint density at radius 1 is 1.08 bits per heavy atom. The van der Waals surface area contributed by atoms with E-state index in [0.29, 0.717) is 34.1 Å². The van der Waals surface area contributed by atoms with Gasteiger partial charge in [0.1, 0.15) is 28.2 Å². The Bertz CT molecular complexity index is 1670. The van der Waals surface area contributed by atoms with Crippen LogP contribution in [0.4, 0.5) is 5.95 Å². The number of methoxy groups -OCH3 is 2. The van der Waals surface area contributed by atoms with Crippen molar-refractivity contribution in [1.82, 2.24) is 19.7 Å². The molecule has 4 aromatic rings. The first-order valence-corrected chi connectivity index (χ1v) is 14.8. The van der Waals surface area contributed by atoms with Crippen molar-refractivity contribution >= 4 is 26.8 Å². The van der Waals surface area contributed by atoms with Gasteiger partial charge in [0.25, 0.3) is 0 Å². The predicted molar refractivity (Wildman–Crippen MR) is 147 cm³/mol. The van der Waals surface area contributed by atoms with Crippen LogP contribution in [0.15, 0.2) is 59.8 Å². The van der Waals surface area contributed by atoms with Crippen LogP contribution in [0.1, 0.15) is 16.7 Å². The van der Waals surface area contributed by atoms with E-state index in [1.807, 2.05) is 19.1 Å². The first-order chi connectivity index (χ1) is 18.7. The summed E-state index contributed by atoms with van der Waals surface area (Å²) in [6.07, 6.45) is 4.62. The van der Waals surface area contributed by atoms with Crippen molar-refractivity contribution in [3.63, 3.8) is 0 Å². The van der Waals surface area contributed by atoms with Crippen LogP contribution in [0.25, 0.3) is 17.1 Å². The molecule has 11 nitrogen and oxygen atoms in total. The summed E-state index contributed by atoms with van der Waals surface area (Å²) in [5.41, 5.74) is 2.78. The topological polar surface area (TPSA) is 149 Å². The molecule has 0 saturated carbocycles. The first-order valence-electron chi connectivity index (χ1n) is 11.6. The van der Waals surface area contributed by atoms with Crippen LogP contribution >= 0.6 is 0 Å². The van der Waals surface area contributed by atoms with Crippen LogP contribution in [-0.4, -0.2) is 58.6 Å². The highest BCUT2D eigenvalue weighted by atomic mass is 32.2. The molecule has 39 heavy (non-hydrogen) atoms. The lowest BCUT2D eigenvalue weighted by Gasteiger charge is -2.17. The number of nitrogens with one attached hydrogen (secondary N) is 1. The normalized spacial score (nSPS) is 12.0. The quantitative estimate of drug-likeness (QED) is 0.305. The van der Waals surface area contributed by atoms with Crippen molar-refractivity contribution in [2.24, 2.45) is 0 Å². The second kappa shape index (κ2) is 11.6. The molecule has 4 rings (SSSR count). The Kier molecular flexibility index (Phi) is 8.27. The van der Waals surface area contributed by atoms with Gasteiger partial charge in [-0.2, -0.15) is 5.26 Å². The number of benzene rings is 2. The zero-order valence-corrected chi connectivity index (χ0v) is 23.3. The molecule has 0 aliphatic rings. The fourth-order valence-corrected chi connectivity index (χ4v) is 5.84. The molecule has 13 heteroatoms.